The van der Waals surface area contributed by atoms with Crippen LogP contribution < -0.4 is 0 Å². The summed E-state index contributed by atoms with van der Waals surface area (Å²) in [6, 6.07) is 0. The van der Waals surface area contributed by atoms with E-state index in [0.717, 1.165) is 5.70 Å². The van der Waals surface area contributed by atoms with Gasteiger partial charge in [-0.15, -0.1) is 0 Å². The molecular weight excluding hydrogens is 124 g/mol. The van der Waals surface area contributed by atoms with E-state index in [1.54, 1.807) is 19.5 Å². The first-order valence-electron chi connectivity index (χ1n) is 3.37. The van der Waals surface area contributed by atoms with Crippen molar-refractivity contribution in [3.8, 4) is 0 Å². The molecule has 0 rings (SSSR count). The Hall–Kier alpha value is -0.920. The molecule has 0 fully saturated rings. The van der Waals surface area contributed by atoms with Crippen molar-refractivity contribution in [1.29, 1.82) is 0 Å². The summed E-state index contributed by atoms with van der Waals surface area (Å²) >= 11 is 0. The standard InChI is InChI=1S/C6H10N2.C2H6/c1-6(2)8-5-4-7-3;1-2/h4-5H,1H2,2-3H3;1-2H3. The number of hydrogen-bond donors (Lipinski definition) is 0. The summed E-state index contributed by atoms with van der Waals surface area (Å²) in [4.78, 5) is 7.54. The molecule has 0 radical (unpaired) electrons. The van der Waals surface area contributed by atoms with Crippen molar-refractivity contribution < 1.29 is 0 Å². The van der Waals surface area contributed by atoms with E-state index in [2.05, 4.69) is 16.6 Å². The van der Waals surface area contributed by atoms with Crippen molar-refractivity contribution in [2.75, 3.05) is 7.05 Å². The Morgan fingerprint density at radius 1 is 1.30 bits per heavy atom. The van der Waals surface area contributed by atoms with Crippen LogP contribution in [0.25, 0.3) is 0 Å². The van der Waals surface area contributed by atoms with Crippen molar-refractivity contribution >= 4 is 12.4 Å². The van der Waals surface area contributed by atoms with E-state index in [4.69, 9.17) is 0 Å². The van der Waals surface area contributed by atoms with Crippen LogP contribution in [0.3, 0.4) is 0 Å². The molecule has 0 amide bonds. The Morgan fingerprint density at radius 2 is 1.80 bits per heavy atom. The van der Waals surface area contributed by atoms with Crippen LogP contribution in [0.15, 0.2) is 22.3 Å². The molecule has 10 heavy (non-hydrogen) atoms. The third kappa shape index (κ3) is 15.7. The Labute approximate surface area is 63.4 Å². The van der Waals surface area contributed by atoms with Gasteiger partial charge in [-0.1, -0.05) is 20.4 Å². The van der Waals surface area contributed by atoms with Crippen LogP contribution >= 0.6 is 0 Å². The first-order chi connectivity index (χ1) is 4.77. The van der Waals surface area contributed by atoms with Gasteiger partial charge in [0.05, 0.1) is 0 Å². The lowest BCUT2D eigenvalue weighted by Gasteiger charge is -1.78. The third-order valence-corrected chi connectivity index (χ3v) is 0.511. The molecule has 2 nitrogen and oxygen atoms in total. The van der Waals surface area contributed by atoms with Gasteiger partial charge in [0.1, 0.15) is 0 Å². The molecule has 0 heterocycles. The molecule has 0 aromatic carbocycles. The minimum atomic E-state index is 0.796. The molecule has 2 heteroatoms. The zero-order valence-electron chi connectivity index (χ0n) is 7.26. The molecule has 0 bridgehead atoms. The molecule has 0 aliphatic heterocycles. The Kier molecular flexibility index (Phi) is 13.0. The second-order valence-electron chi connectivity index (χ2n) is 1.42. The molecular formula is C8H16N2. The van der Waals surface area contributed by atoms with Crippen molar-refractivity contribution in [1.82, 2.24) is 0 Å². The second-order valence-corrected chi connectivity index (χ2v) is 1.42. The number of rotatable bonds is 2. The van der Waals surface area contributed by atoms with Gasteiger partial charge in [0, 0.05) is 25.2 Å². The molecule has 58 valence electrons. The fraction of sp³-hybridized carbons (Fsp3) is 0.500. The van der Waals surface area contributed by atoms with Gasteiger partial charge >= 0.3 is 0 Å². The first-order valence-corrected chi connectivity index (χ1v) is 3.37. The SMILES string of the molecule is C=C(C)N=CC=NC.CC. The zero-order chi connectivity index (χ0) is 8.41. The number of nitrogens with zero attached hydrogens (tertiary/aromatic N) is 2. The van der Waals surface area contributed by atoms with Crippen LogP contribution in [0.5, 0.6) is 0 Å². The number of aliphatic imine (C=N–C) groups is 2. The van der Waals surface area contributed by atoms with Gasteiger partial charge in [-0.25, -0.2) is 0 Å². The highest BCUT2D eigenvalue weighted by atomic mass is 14.7. The lowest BCUT2D eigenvalue weighted by Crippen LogP contribution is -1.73. The summed E-state index contributed by atoms with van der Waals surface area (Å²) in [5.41, 5.74) is 0.796. The van der Waals surface area contributed by atoms with Crippen molar-refractivity contribution in [2.24, 2.45) is 9.98 Å². The molecule has 0 unspecified atom stereocenters. The fourth-order valence-electron chi connectivity index (χ4n) is 0.227. The van der Waals surface area contributed by atoms with Crippen LogP contribution in [-0.4, -0.2) is 19.5 Å². The van der Waals surface area contributed by atoms with E-state index in [0.29, 0.717) is 0 Å². The Morgan fingerprint density at radius 3 is 2.10 bits per heavy atom. The molecule has 0 saturated carbocycles. The molecule has 0 aliphatic rings. The second kappa shape index (κ2) is 11.0. The van der Waals surface area contributed by atoms with E-state index in [1.165, 1.54) is 0 Å². The Balaban J connectivity index is 0. The highest BCUT2D eigenvalue weighted by Gasteiger charge is 1.67. The van der Waals surface area contributed by atoms with Gasteiger partial charge in [-0.2, -0.15) is 0 Å². The smallest absolute Gasteiger partial charge is 0.0449 e. The zero-order valence-corrected chi connectivity index (χ0v) is 7.26. The number of hydrogen-bond acceptors (Lipinski definition) is 2. The molecule has 0 atom stereocenters. The number of allylic oxidation sites excluding steroid dienone is 1. The molecule has 0 N–H and O–H groups in total. The van der Waals surface area contributed by atoms with E-state index in [-0.39, 0.29) is 0 Å². The summed E-state index contributed by atoms with van der Waals surface area (Å²) in [7, 11) is 1.70. The van der Waals surface area contributed by atoms with Crippen LogP contribution in [0.4, 0.5) is 0 Å². The van der Waals surface area contributed by atoms with E-state index in [9.17, 15) is 0 Å². The van der Waals surface area contributed by atoms with Crippen molar-refractivity contribution in [3.05, 3.63) is 12.3 Å². The summed E-state index contributed by atoms with van der Waals surface area (Å²) in [6.07, 6.45) is 3.23. The fourth-order valence-corrected chi connectivity index (χ4v) is 0.227. The first kappa shape index (κ1) is 11.8. The van der Waals surface area contributed by atoms with Crippen LogP contribution in [0.1, 0.15) is 20.8 Å². The topological polar surface area (TPSA) is 24.7 Å². The molecule has 0 saturated heterocycles. The monoisotopic (exact) mass is 140 g/mol. The summed E-state index contributed by atoms with van der Waals surface area (Å²) in [5.74, 6) is 0. The van der Waals surface area contributed by atoms with Crippen LogP contribution in [0.2, 0.25) is 0 Å². The summed E-state index contributed by atoms with van der Waals surface area (Å²) < 4.78 is 0. The molecule has 0 aromatic heterocycles. The Bertz CT molecular complexity index is 123. The largest absolute Gasteiger partial charge is 0.295 e. The minimum Gasteiger partial charge on any atom is -0.295 e. The normalized spacial score (nSPS) is 9.60. The van der Waals surface area contributed by atoms with Crippen molar-refractivity contribution in [2.45, 2.75) is 20.8 Å². The lowest BCUT2D eigenvalue weighted by atomic mass is 10.6. The maximum absolute atomic E-state index is 3.85. The maximum Gasteiger partial charge on any atom is 0.0449 e. The molecule has 0 spiro atoms. The van der Waals surface area contributed by atoms with Gasteiger partial charge in [0.15, 0.2) is 0 Å². The highest BCUT2D eigenvalue weighted by molar-refractivity contribution is 6.16. The molecule has 0 aliphatic carbocycles. The highest BCUT2D eigenvalue weighted by Crippen LogP contribution is 1.82. The summed E-state index contributed by atoms with van der Waals surface area (Å²) in [6.45, 7) is 9.40. The van der Waals surface area contributed by atoms with Crippen molar-refractivity contribution in [3.63, 3.8) is 0 Å². The van der Waals surface area contributed by atoms with Gasteiger partial charge in [-0.3, -0.25) is 9.98 Å². The van der Waals surface area contributed by atoms with Crippen LogP contribution in [0, 0.1) is 0 Å². The van der Waals surface area contributed by atoms with Gasteiger partial charge in [0.25, 0.3) is 0 Å². The van der Waals surface area contributed by atoms with E-state index in [1.807, 2.05) is 20.8 Å². The third-order valence-electron chi connectivity index (χ3n) is 0.511. The van der Waals surface area contributed by atoms with Crippen LogP contribution in [-0.2, 0) is 0 Å². The molecule has 0 aromatic rings. The predicted octanol–water partition coefficient (Wildman–Crippen LogP) is 2.32. The summed E-state index contributed by atoms with van der Waals surface area (Å²) in [5, 5.41) is 0. The van der Waals surface area contributed by atoms with Gasteiger partial charge in [-0.05, 0) is 6.92 Å². The maximum atomic E-state index is 3.85. The van der Waals surface area contributed by atoms with Gasteiger partial charge < -0.3 is 0 Å². The quantitative estimate of drug-likeness (QED) is 0.526. The average molecular weight is 140 g/mol. The van der Waals surface area contributed by atoms with Gasteiger partial charge in [0.2, 0.25) is 0 Å². The lowest BCUT2D eigenvalue weighted by molar-refractivity contribution is 1.34. The minimum absolute atomic E-state index is 0.796. The average Bonchev–Trinajstić information content (AvgIpc) is 1.92. The van der Waals surface area contributed by atoms with E-state index >= 15 is 0 Å². The van der Waals surface area contributed by atoms with E-state index < -0.39 is 0 Å². The predicted molar refractivity (Wildman–Crippen MR) is 49.1 cm³/mol.